The molecule has 0 saturated carbocycles. The number of rotatable bonds is 5. The molecule has 2 heterocycles. The monoisotopic (exact) mass is 409 g/mol. The molecule has 0 bridgehead atoms. The Balaban J connectivity index is 0.00000261. The predicted molar refractivity (Wildman–Crippen MR) is 109 cm³/mol. The third kappa shape index (κ3) is 5.00. The number of benzene rings is 1. The van der Waals surface area contributed by atoms with Crippen LogP contribution in [0, 0.1) is 0 Å². The van der Waals surface area contributed by atoms with Gasteiger partial charge in [0, 0.05) is 37.0 Å². The fourth-order valence-electron chi connectivity index (χ4n) is 3.11. The molecule has 6 nitrogen and oxygen atoms in total. The van der Waals surface area contributed by atoms with E-state index in [1.54, 1.807) is 7.11 Å². The second-order valence-electron chi connectivity index (χ2n) is 6.14. The number of hydrogen-bond acceptors (Lipinski definition) is 5. The minimum absolute atomic E-state index is 0. The lowest BCUT2D eigenvalue weighted by atomic mass is 10.0. The van der Waals surface area contributed by atoms with Crippen LogP contribution in [-0.4, -0.2) is 43.5 Å². The fourth-order valence-corrected chi connectivity index (χ4v) is 4.01. The van der Waals surface area contributed by atoms with Crippen LogP contribution < -0.4 is 15.4 Å². The van der Waals surface area contributed by atoms with Crippen LogP contribution in [0.1, 0.15) is 33.1 Å². The molecule has 1 aliphatic heterocycles. The lowest BCUT2D eigenvalue weighted by Crippen LogP contribution is -2.48. The van der Waals surface area contributed by atoms with E-state index in [-0.39, 0.29) is 30.3 Å². The summed E-state index contributed by atoms with van der Waals surface area (Å²) in [5, 5.41) is 6.13. The van der Waals surface area contributed by atoms with E-state index in [2.05, 4.69) is 10.6 Å². The number of ether oxygens (including phenoxy) is 1. The Morgan fingerprint density at radius 3 is 2.81 bits per heavy atom. The minimum atomic E-state index is -0.0791. The van der Waals surface area contributed by atoms with Crippen LogP contribution in [0.25, 0.3) is 0 Å². The Kier molecular flexibility index (Phi) is 7.65. The van der Waals surface area contributed by atoms with Crippen LogP contribution in [0.2, 0.25) is 0 Å². The zero-order valence-electron chi connectivity index (χ0n) is 15.4. The number of methoxy groups -OCH3 is 1. The van der Waals surface area contributed by atoms with Gasteiger partial charge in [0.25, 0.3) is 5.91 Å². The van der Waals surface area contributed by atoms with E-state index in [0.29, 0.717) is 24.5 Å². The maximum absolute atomic E-state index is 13.1. The zero-order valence-corrected chi connectivity index (χ0v) is 17.0. The van der Waals surface area contributed by atoms with Gasteiger partial charge in [0.2, 0.25) is 5.91 Å². The summed E-state index contributed by atoms with van der Waals surface area (Å²) < 4.78 is 5.49. The molecule has 1 atom stereocenters. The van der Waals surface area contributed by atoms with Crippen molar-refractivity contribution in [3.8, 4) is 5.75 Å². The predicted octanol–water partition coefficient (Wildman–Crippen LogP) is 2.60. The highest BCUT2D eigenvalue weighted by Gasteiger charge is 2.31. The molecular formula is C19H24ClN3O3S. The SMILES string of the molecule is COc1ccccc1C1CNCCN1C(=O)c1ccc(CNC(C)=O)s1.Cl. The Morgan fingerprint density at radius 2 is 2.07 bits per heavy atom. The van der Waals surface area contributed by atoms with Gasteiger partial charge in [0.1, 0.15) is 5.75 Å². The number of amides is 2. The minimum Gasteiger partial charge on any atom is -0.496 e. The third-order valence-electron chi connectivity index (χ3n) is 4.39. The molecule has 2 aromatic rings. The van der Waals surface area contributed by atoms with E-state index >= 15 is 0 Å². The van der Waals surface area contributed by atoms with Gasteiger partial charge in [-0.15, -0.1) is 23.7 Å². The van der Waals surface area contributed by atoms with E-state index in [1.807, 2.05) is 41.3 Å². The number of carbonyl (C=O) groups excluding carboxylic acids is 2. The van der Waals surface area contributed by atoms with Crippen molar-refractivity contribution in [2.45, 2.75) is 19.5 Å². The van der Waals surface area contributed by atoms with E-state index < -0.39 is 0 Å². The average Bonchev–Trinajstić information content (AvgIpc) is 3.15. The number of carbonyl (C=O) groups is 2. The Hall–Kier alpha value is -2.09. The zero-order chi connectivity index (χ0) is 18.5. The number of hydrogen-bond donors (Lipinski definition) is 2. The summed E-state index contributed by atoms with van der Waals surface area (Å²) in [5.74, 6) is 0.725. The van der Waals surface area contributed by atoms with Crippen LogP contribution in [-0.2, 0) is 11.3 Å². The Bertz CT molecular complexity index is 796. The van der Waals surface area contributed by atoms with Gasteiger partial charge in [0.05, 0.1) is 24.6 Å². The van der Waals surface area contributed by atoms with E-state index in [4.69, 9.17) is 4.74 Å². The quantitative estimate of drug-likeness (QED) is 0.796. The standard InChI is InChI=1S/C19H23N3O3S.ClH/c1-13(23)21-11-14-7-8-18(26-14)19(24)22-10-9-20-12-16(22)15-5-3-4-6-17(15)25-2;/h3-8,16,20H,9-12H2,1-2H3,(H,21,23);1H. The maximum atomic E-state index is 13.1. The lowest BCUT2D eigenvalue weighted by molar-refractivity contribution is -0.119. The first kappa shape index (κ1) is 21.2. The molecule has 1 unspecified atom stereocenters. The Morgan fingerprint density at radius 1 is 1.30 bits per heavy atom. The summed E-state index contributed by atoms with van der Waals surface area (Å²) in [6.45, 7) is 4.03. The molecule has 1 saturated heterocycles. The molecule has 1 aromatic heterocycles. The number of nitrogens with one attached hydrogen (secondary N) is 2. The number of para-hydroxylation sites is 1. The molecule has 1 fully saturated rings. The smallest absolute Gasteiger partial charge is 0.264 e. The topological polar surface area (TPSA) is 70.7 Å². The summed E-state index contributed by atoms with van der Waals surface area (Å²) in [5.41, 5.74) is 1.01. The second-order valence-corrected chi connectivity index (χ2v) is 7.30. The van der Waals surface area contributed by atoms with Gasteiger partial charge in [0.15, 0.2) is 0 Å². The number of piperazine rings is 1. The van der Waals surface area contributed by atoms with Crippen LogP contribution in [0.15, 0.2) is 36.4 Å². The molecule has 0 spiro atoms. The summed E-state index contributed by atoms with van der Waals surface area (Å²) in [7, 11) is 1.65. The molecule has 3 rings (SSSR count). The van der Waals surface area contributed by atoms with Gasteiger partial charge in [-0.3, -0.25) is 9.59 Å². The normalized spacial score (nSPS) is 16.4. The number of halogens is 1. The van der Waals surface area contributed by atoms with Gasteiger partial charge in [-0.05, 0) is 18.2 Å². The molecule has 27 heavy (non-hydrogen) atoms. The van der Waals surface area contributed by atoms with Gasteiger partial charge in [-0.2, -0.15) is 0 Å². The molecule has 0 radical (unpaired) electrons. The lowest BCUT2D eigenvalue weighted by Gasteiger charge is -2.36. The maximum Gasteiger partial charge on any atom is 0.264 e. The first-order valence-electron chi connectivity index (χ1n) is 8.58. The van der Waals surface area contributed by atoms with Crippen molar-refractivity contribution in [3.05, 3.63) is 51.7 Å². The van der Waals surface area contributed by atoms with Crippen molar-refractivity contribution in [2.75, 3.05) is 26.7 Å². The summed E-state index contributed by atoms with van der Waals surface area (Å²) in [6, 6.07) is 11.5. The van der Waals surface area contributed by atoms with Gasteiger partial charge in [-0.25, -0.2) is 0 Å². The molecule has 146 valence electrons. The van der Waals surface area contributed by atoms with Gasteiger partial charge in [-0.1, -0.05) is 18.2 Å². The molecule has 2 amide bonds. The van der Waals surface area contributed by atoms with E-state index in [9.17, 15) is 9.59 Å². The van der Waals surface area contributed by atoms with Gasteiger partial charge < -0.3 is 20.3 Å². The number of nitrogens with zero attached hydrogens (tertiary/aromatic N) is 1. The summed E-state index contributed by atoms with van der Waals surface area (Å²) >= 11 is 1.43. The Labute approximate surface area is 169 Å². The van der Waals surface area contributed by atoms with Crippen LogP contribution >= 0.6 is 23.7 Å². The highest BCUT2D eigenvalue weighted by Crippen LogP contribution is 2.32. The van der Waals surface area contributed by atoms with E-state index in [1.165, 1.54) is 18.3 Å². The van der Waals surface area contributed by atoms with Gasteiger partial charge >= 0.3 is 0 Å². The van der Waals surface area contributed by atoms with Crippen LogP contribution in [0.4, 0.5) is 0 Å². The second kappa shape index (κ2) is 9.73. The van der Waals surface area contributed by atoms with Crippen LogP contribution in [0.3, 0.4) is 0 Å². The molecule has 0 aliphatic carbocycles. The van der Waals surface area contributed by atoms with Crippen molar-refractivity contribution in [3.63, 3.8) is 0 Å². The fraction of sp³-hybridized carbons (Fsp3) is 0.368. The van der Waals surface area contributed by atoms with Crippen molar-refractivity contribution in [1.82, 2.24) is 15.5 Å². The average molecular weight is 410 g/mol. The van der Waals surface area contributed by atoms with Crippen molar-refractivity contribution < 1.29 is 14.3 Å². The molecule has 1 aliphatic rings. The summed E-state index contributed by atoms with van der Waals surface area (Å²) in [4.78, 5) is 27.7. The first-order valence-corrected chi connectivity index (χ1v) is 9.39. The largest absolute Gasteiger partial charge is 0.496 e. The van der Waals surface area contributed by atoms with Crippen molar-refractivity contribution in [2.24, 2.45) is 0 Å². The highest BCUT2D eigenvalue weighted by molar-refractivity contribution is 7.14. The van der Waals surface area contributed by atoms with Crippen LogP contribution in [0.5, 0.6) is 5.75 Å². The third-order valence-corrected chi connectivity index (χ3v) is 5.46. The molecular weight excluding hydrogens is 386 g/mol. The molecule has 8 heteroatoms. The first-order chi connectivity index (χ1) is 12.6. The number of thiophene rings is 1. The van der Waals surface area contributed by atoms with E-state index in [0.717, 1.165) is 22.7 Å². The van der Waals surface area contributed by atoms with Crippen molar-refractivity contribution >= 4 is 35.6 Å². The molecule has 2 N–H and O–H groups in total. The molecule has 1 aromatic carbocycles. The highest BCUT2D eigenvalue weighted by atomic mass is 35.5. The van der Waals surface area contributed by atoms with Crippen molar-refractivity contribution in [1.29, 1.82) is 0 Å². The summed E-state index contributed by atoms with van der Waals surface area (Å²) in [6.07, 6.45) is 0.